The molecule has 1 aliphatic rings. The van der Waals surface area contributed by atoms with Crippen LogP contribution in [0, 0.1) is 12.8 Å². The number of ether oxygens (including phenoxy) is 2. The van der Waals surface area contributed by atoms with Crippen LogP contribution in [0.3, 0.4) is 0 Å². The predicted octanol–water partition coefficient (Wildman–Crippen LogP) is 2.61. The van der Waals surface area contributed by atoms with Crippen LogP contribution in [-0.2, 0) is 9.59 Å². The molecular weight excluding hydrogens is 410 g/mol. The van der Waals surface area contributed by atoms with E-state index in [-0.39, 0.29) is 10.9 Å². The molecular formula is C20H17N3O6S. The van der Waals surface area contributed by atoms with E-state index in [0.29, 0.717) is 22.1 Å². The summed E-state index contributed by atoms with van der Waals surface area (Å²) in [6, 6.07) is 7.05. The second kappa shape index (κ2) is 7.71. The van der Waals surface area contributed by atoms with Crippen LogP contribution in [0.5, 0.6) is 11.5 Å². The highest BCUT2D eigenvalue weighted by Crippen LogP contribution is 2.44. The Morgan fingerprint density at radius 2 is 1.90 bits per heavy atom. The average molecular weight is 427 g/mol. The van der Waals surface area contributed by atoms with Crippen LogP contribution in [0.2, 0.25) is 0 Å². The monoisotopic (exact) mass is 427 g/mol. The number of benzene rings is 1. The van der Waals surface area contributed by atoms with Crippen LogP contribution in [0.25, 0.3) is 0 Å². The standard InChI is InChI=1S/C20H17N3O6S/c1-10-21-22-20(30-10)23-16(11-6-7-12(27-2)14(9-11)28-3)15(18(25)19(23)26)17(24)13-5-4-8-29-13/h4-9,15-16H,1-3H3. The van der Waals surface area contributed by atoms with Crippen molar-refractivity contribution in [2.75, 3.05) is 19.1 Å². The van der Waals surface area contributed by atoms with E-state index in [9.17, 15) is 14.4 Å². The van der Waals surface area contributed by atoms with Gasteiger partial charge in [-0.15, -0.1) is 10.2 Å². The normalized spacial score (nSPS) is 18.7. The summed E-state index contributed by atoms with van der Waals surface area (Å²) < 4.78 is 15.8. The van der Waals surface area contributed by atoms with Gasteiger partial charge in [0.15, 0.2) is 17.3 Å². The van der Waals surface area contributed by atoms with Crippen molar-refractivity contribution >= 4 is 33.9 Å². The highest BCUT2D eigenvalue weighted by atomic mass is 32.1. The number of rotatable bonds is 6. The Bertz CT molecular complexity index is 1120. The van der Waals surface area contributed by atoms with Crippen LogP contribution >= 0.6 is 11.3 Å². The van der Waals surface area contributed by atoms with Gasteiger partial charge in [-0.05, 0) is 36.8 Å². The molecule has 0 radical (unpaired) electrons. The molecule has 1 saturated heterocycles. The third kappa shape index (κ3) is 3.14. The van der Waals surface area contributed by atoms with Crippen molar-refractivity contribution in [2.45, 2.75) is 13.0 Å². The van der Waals surface area contributed by atoms with Crippen molar-refractivity contribution in [3.05, 3.63) is 52.9 Å². The fourth-order valence-electron chi connectivity index (χ4n) is 3.47. The maximum absolute atomic E-state index is 13.1. The van der Waals surface area contributed by atoms with E-state index in [1.807, 2.05) is 0 Å². The molecule has 0 bridgehead atoms. The van der Waals surface area contributed by atoms with Crippen molar-refractivity contribution in [1.29, 1.82) is 0 Å². The molecule has 1 amide bonds. The Hall–Kier alpha value is -3.53. The minimum Gasteiger partial charge on any atom is -0.493 e. The van der Waals surface area contributed by atoms with E-state index in [2.05, 4.69) is 10.2 Å². The fraction of sp³-hybridized carbons (Fsp3) is 0.250. The lowest BCUT2D eigenvalue weighted by Gasteiger charge is -2.25. The van der Waals surface area contributed by atoms with Gasteiger partial charge >= 0.3 is 0 Å². The number of hydrogen-bond acceptors (Lipinski definition) is 9. The molecule has 0 saturated carbocycles. The first-order chi connectivity index (χ1) is 14.5. The first-order valence-corrected chi connectivity index (χ1v) is 9.75. The first kappa shape index (κ1) is 19.8. The number of anilines is 1. The highest BCUT2D eigenvalue weighted by Gasteiger charge is 2.54. The number of aromatic nitrogens is 2. The fourth-order valence-corrected chi connectivity index (χ4v) is 4.19. The van der Waals surface area contributed by atoms with Crippen molar-refractivity contribution in [2.24, 2.45) is 5.92 Å². The minimum atomic E-state index is -1.30. The predicted molar refractivity (Wildman–Crippen MR) is 106 cm³/mol. The number of carbonyl (C=O) groups excluding carboxylic acids is 3. The summed E-state index contributed by atoms with van der Waals surface area (Å²) in [6.07, 6.45) is 1.34. The third-order valence-corrected chi connectivity index (χ3v) is 5.66. The summed E-state index contributed by atoms with van der Waals surface area (Å²) in [5, 5.41) is 8.83. The second-order valence-corrected chi connectivity index (χ2v) is 7.68. The summed E-state index contributed by atoms with van der Waals surface area (Å²) in [6.45, 7) is 1.74. The molecule has 30 heavy (non-hydrogen) atoms. The van der Waals surface area contributed by atoms with Gasteiger partial charge in [0.1, 0.15) is 10.9 Å². The molecule has 1 aliphatic heterocycles. The minimum absolute atomic E-state index is 0.00178. The second-order valence-electron chi connectivity index (χ2n) is 6.52. The van der Waals surface area contributed by atoms with Crippen LogP contribution in [0.1, 0.15) is 27.2 Å². The van der Waals surface area contributed by atoms with Gasteiger partial charge in [0.05, 0.1) is 26.5 Å². The zero-order chi connectivity index (χ0) is 21.4. The molecule has 0 spiro atoms. The van der Waals surface area contributed by atoms with Crippen LogP contribution in [0.4, 0.5) is 5.13 Å². The maximum atomic E-state index is 13.1. The van der Waals surface area contributed by atoms with Crippen molar-refractivity contribution < 1.29 is 28.3 Å². The number of ketones is 2. The van der Waals surface area contributed by atoms with Gasteiger partial charge in [-0.25, -0.2) is 0 Å². The Labute approximate surface area is 175 Å². The Morgan fingerprint density at radius 3 is 2.50 bits per heavy atom. The topological polar surface area (TPSA) is 112 Å². The summed E-state index contributed by atoms with van der Waals surface area (Å²) in [7, 11) is 2.98. The van der Waals surface area contributed by atoms with E-state index in [0.717, 1.165) is 11.3 Å². The smallest absolute Gasteiger partial charge is 0.297 e. The number of methoxy groups -OCH3 is 2. The largest absolute Gasteiger partial charge is 0.493 e. The molecule has 4 rings (SSSR count). The van der Waals surface area contributed by atoms with Crippen molar-refractivity contribution in [1.82, 2.24) is 10.2 Å². The molecule has 2 aromatic heterocycles. The zero-order valence-corrected chi connectivity index (χ0v) is 17.1. The van der Waals surface area contributed by atoms with Crippen LogP contribution < -0.4 is 14.4 Å². The van der Waals surface area contributed by atoms with Crippen LogP contribution in [-0.4, -0.2) is 41.9 Å². The van der Waals surface area contributed by atoms with Gasteiger partial charge < -0.3 is 13.9 Å². The van der Waals surface area contributed by atoms with E-state index in [4.69, 9.17) is 13.9 Å². The lowest BCUT2D eigenvalue weighted by atomic mass is 9.88. The van der Waals surface area contributed by atoms with Gasteiger partial charge in [-0.2, -0.15) is 0 Å². The van der Waals surface area contributed by atoms with Crippen LogP contribution in [0.15, 0.2) is 41.0 Å². The van der Waals surface area contributed by atoms with Gasteiger partial charge in [0, 0.05) is 0 Å². The zero-order valence-electron chi connectivity index (χ0n) is 16.3. The summed E-state index contributed by atoms with van der Waals surface area (Å²) in [5.74, 6) is -2.65. The Kier molecular flexibility index (Phi) is 5.08. The van der Waals surface area contributed by atoms with Gasteiger partial charge in [-0.1, -0.05) is 17.4 Å². The van der Waals surface area contributed by atoms with Crippen molar-refractivity contribution in [3.63, 3.8) is 0 Å². The van der Waals surface area contributed by atoms with Gasteiger partial charge in [-0.3, -0.25) is 19.3 Å². The molecule has 154 valence electrons. The van der Waals surface area contributed by atoms with E-state index in [1.165, 1.54) is 31.4 Å². The summed E-state index contributed by atoms with van der Waals surface area (Å²) >= 11 is 1.16. The number of nitrogens with zero attached hydrogens (tertiary/aromatic N) is 3. The number of hydrogen-bond donors (Lipinski definition) is 0. The molecule has 0 N–H and O–H groups in total. The summed E-state index contributed by atoms with van der Waals surface area (Å²) in [5.41, 5.74) is 0.518. The molecule has 2 atom stereocenters. The Morgan fingerprint density at radius 1 is 1.13 bits per heavy atom. The maximum Gasteiger partial charge on any atom is 0.297 e. The lowest BCUT2D eigenvalue weighted by Crippen LogP contribution is -2.30. The van der Waals surface area contributed by atoms with E-state index < -0.39 is 29.4 Å². The molecule has 10 heteroatoms. The van der Waals surface area contributed by atoms with E-state index >= 15 is 0 Å². The molecule has 2 unspecified atom stereocenters. The number of carbonyl (C=O) groups is 3. The van der Waals surface area contributed by atoms with Gasteiger partial charge in [0.25, 0.3) is 5.91 Å². The third-order valence-electron chi connectivity index (χ3n) is 4.82. The Balaban J connectivity index is 1.88. The number of furan rings is 1. The molecule has 1 fully saturated rings. The first-order valence-electron chi connectivity index (χ1n) is 8.93. The highest BCUT2D eigenvalue weighted by molar-refractivity contribution is 7.15. The molecule has 3 aromatic rings. The lowest BCUT2D eigenvalue weighted by molar-refractivity contribution is -0.135. The number of aryl methyl sites for hydroxylation is 1. The molecule has 9 nitrogen and oxygen atoms in total. The SMILES string of the molecule is COc1ccc(C2C(C(=O)c3ccco3)C(=O)C(=O)N2c2nnc(C)s2)cc1OC. The average Bonchev–Trinajstić information content (AvgIpc) is 3.48. The molecule has 1 aromatic carbocycles. The molecule has 3 heterocycles. The number of Topliss-reactive ketones (excluding diaryl/α,β-unsaturated/α-hetero) is 2. The quantitative estimate of drug-likeness (QED) is 0.335. The summed E-state index contributed by atoms with van der Waals surface area (Å²) in [4.78, 5) is 40.2. The molecule has 0 aliphatic carbocycles. The number of amides is 1. The van der Waals surface area contributed by atoms with Gasteiger partial charge in [0.2, 0.25) is 16.7 Å². The van der Waals surface area contributed by atoms with Crippen molar-refractivity contribution in [3.8, 4) is 11.5 Å². The van der Waals surface area contributed by atoms with E-state index in [1.54, 1.807) is 31.2 Å².